The third-order valence-electron chi connectivity index (χ3n) is 4.75. The van der Waals surface area contributed by atoms with Crippen LogP contribution < -0.4 is 0 Å². The average molecular weight is 403 g/mol. The van der Waals surface area contributed by atoms with Gasteiger partial charge in [0.15, 0.2) is 11.0 Å². The van der Waals surface area contributed by atoms with Gasteiger partial charge in [-0.25, -0.2) is 0 Å². The van der Waals surface area contributed by atoms with Crippen molar-refractivity contribution in [1.29, 1.82) is 0 Å². The van der Waals surface area contributed by atoms with Crippen molar-refractivity contribution in [3.8, 4) is 11.4 Å². The van der Waals surface area contributed by atoms with Gasteiger partial charge in [-0.05, 0) is 38.8 Å². The quantitative estimate of drug-likeness (QED) is 0.597. The summed E-state index contributed by atoms with van der Waals surface area (Å²) in [5, 5.41) is 9.40. The second-order valence-corrected chi connectivity index (χ2v) is 7.69. The number of thioether (sulfide) groups is 1. The number of carbonyl (C=O) groups excluding carboxylic acids is 2. The fraction of sp³-hybridized carbons (Fsp3) is 0.526. The molecule has 0 aromatic carbocycles. The first-order valence-electron chi connectivity index (χ1n) is 9.55. The van der Waals surface area contributed by atoms with Crippen LogP contribution in [0.5, 0.6) is 0 Å². The molecule has 1 aliphatic carbocycles. The van der Waals surface area contributed by atoms with Crippen molar-refractivity contribution in [3.63, 3.8) is 0 Å². The van der Waals surface area contributed by atoms with Gasteiger partial charge in [-0.1, -0.05) is 11.8 Å². The van der Waals surface area contributed by atoms with Crippen molar-refractivity contribution < 1.29 is 9.59 Å². The van der Waals surface area contributed by atoms with Crippen LogP contribution >= 0.6 is 11.8 Å². The van der Waals surface area contributed by atoms with Gasteiger partial charge in [-0.15, -0.1) is 10.2 Å². The van der Waals surface area contributed by atoms with Gasteiger partial charge in [-0.3, -0.25) is 19.1 Å². The topological polar surface area (TPSA) is 84.2 Å². The molecule has 0 atom stereocenters. The normalized spacial score (nSPS) is 13.4. The van der Waals surface area contributed by atoms with Gasteiger partial charge in [0, 0.05) is 44.1 Å². The van der Waals surface area contributed by atoms with Gasteiger partial charge in [0.05, 0.1) is 12.3 Å². The summed E-state index contributed by atoms with van der Waals surface area (Å²) in [7, 11) is 1.66. The molecule has 2 amide bonds. The summed E-state index contributed by atoms with van der Waals surface area (Å²) >= 11 is 1.37. The lowest BCUT2D eigenvalue weighted by atomic mass is 10.2. The van der Waals surface area contributed by atoms with Crippen LogP contribution in [0, 0.1) is 0 Å². The molecule has 2 aromatic rings. The fourth-order valence-corrected chi connectivity index (χ4v) is 3.89. The lowest BCUT2D eigenvalue weighted by Crippen LogP contribution is -2.41. The molecule has 150 valence electrons. The third-order valence-corrected chi connectivity index (χ3v) is 5.68. The molecular weight excluding hydrogens is 376 g/mol. The Morgan fingerprint density at radius 3 is 2.43 bits per heavy atom. The largest absolute Gasteiger partial charge is 0.342 e. The van der Waals surface area contributed by atoms with Crippen LogP contribution in [0.3, 0.4) is 0 Å². The van der Waals surface area contributed by atoms with Crippen LogP contribution in [0.25, 0.3) is 11.4 Å². The molecular formula is C19H26N6O2S. The zero-order valence-electron chi connectivity index (χ0n) is 16.5. The first-order valence-corrected chi connectivity index (χ1v) is 10.5. The van der Waals surface area contributed by atoms with Gasteiger partial charge in [0.1, 0.15) is 0 Å². The molecule has 0 N–H and O–H groups in total. The second kappa shape index (κ2) is 9.18. The molecule has 2 aromatic heterocycles. The maximum absolute atomic E-state index is 12.5. The Labute approximate surface area is 169 Å². The van der Waals surface area contributed by atoms with Gasteiger partial charge < -0.3 is 9.80 Å². The molecule has 1 fully saturated rings. The molecule has 0 bridgehead atoms. The molecule has 28 heavy (non-hydrogen) atoms. The summed E-state index contributed by atoms with van der Waals surface area (Å²) in [6, 6.07) is 4.21. The van der Waals surface area contributed by atoms with Crippen molar-refractivity contribution in [2.75, 3.05) is 32.4 Å². The predicted octanol–water partition coefficient (Wildman–Crippen LogP) is 2.09. The molecule has 0 radical (unpaired) electrons. The van der Waals surface area contributed by atoms with E-state index in [-0.39, 0.29) is 24.1 Å². The van der Waals surface area contributed by atoms with Crippen molar-refractivity contribution >= 4 is 23.6 Å². The third kappa shape index (κ3) is 4.70. The van der Waals surface area contributed by atoms with E-state index < -0.39 is 0 Å². The highest BCUT2D eigenvalue weighted by atomic mass is 32.2. The maximum Gasteiger partial charge on any atom is 0.242 e. The van der Waals surface area contributed by atoms with Crippen molar-refractivity contribution in [2.45, 2.75) is 37.9 Å². The first-order chi connectivity index (χ1) is 13.5. The Balaban J connectivity index is 1.64. The number of nitrogens with zero attached hydrogens (tertiary/aromatic N) is 6. The highest BCUT2D eigenvalue weighted by Crippen LogP contribution is 2.40. The summed E-state index contributed by atoms with van der Waals surface area (Å²) < 4.78 is 2.12. The standard InChI is InChI=1S/C19H26N6O2S/c1-4-24(5-2)16(26)12-23(3)17(27)13-28-19-22-21-18(25(19)15-6-7-15)14-8-10-20-11-9-14/h8-11,15H,4-7,12-13H2,1-3H3. The number of pyridine rings is 1. The van der Waals surface area contributed by atoms with Crippen LogP contribution in [-0.2, 0) is 9.59 Å². The molecule has 3 rings (SSSR count). The van der Waals surface area contributed by atoms with E-state index in [1.165, 1.54) is 16.7 Å². The van der Waals surface area contributed by atoms with Crippen molar-refractivity contribution in [1.82, 2.24) is 29.5 Å². The van der Waals surface area contributed by atoms with Crippen LogP contribution in [0.15, 0.2) is 29.7 Å². The summed E-state index contributed by atoms with van der Waals surface area (Å²) in [4.78, 5) is 31.9. The van der Waals surface area contributed by atoms with Crippen molar-refractivity contribution in [2.24, 2.45) is 0 Å². The lowest BCUT2D eigenvalue weighted by Gasteiger charge is -2.23. The van der Waals surface area contributed by atoms with Crippen molar-refractivity contribution in [3.05, 3.63) is 24.5 Å². The van der Waals surface area contributed by atoms with Gasteiger partial charge in [0.25, 0.3) is 0 Å². The van der Waals surface area contributed by atoms with E-state index in [1.54, 1.807) is 24.3 Å². The zero-order chi connectivity index (χ0) is 20.1. The lowest BCUT2D eigenvalue weighted by molar-refractivity contribution is -0.137. The molecule has 1 saturated carbocycles. The smallest absolute Gasteiger partial charge is 0.242 e. The Kier molecular flexibility index (Phi) is 6.66. The monoisotopic (exact) mass is 402 g/mol. The first kappa shape index (κ1) is 20.3. The second-order valence-electron chi connectivity index (χ2n) is 6.75. The molecule has 0 saturated heterocycles. The van der Waals surface area contributed by atoms with E-state index in [4.69, 9.17) is 0 Å². The number of amides is 2. The summed E-state index contributed by atoms with van der Waals surface area (Å²) in [5.74, 6) is 0.904. The summed E-state index contributed by atoms with van der Waals surface area (Å²) in [6.45, 7) is 5.26. The number of carbonyl (C=O) groups is 2. The minimum atomic E-state index is -0.0960. The Morgan fingerprint density at radius 2 is 1.82 bits per heavy atom. The fourth-order valence-electron chi connectivity index (χ4n) is 2.94. The molecule has 0 spiro atoms. The number of hydrogen-bond acceptors (Lipinski definition) is 6. The van der Waals surface area contributed by atoms with Crippen LogP contribution in [0.4, 0.5) is 0 Å². The van der Waals surface area contributed by atoms with E-state index in [0.717, 1.165) is 29.4 Å². The molecule has 0 aliphatic heterocycles. The molecule has 8 nitrogen and oxygen atoms in total. The number of rotatable bonds is 9. The van der Waals surface area contributed by atoms with E-state index >= 15 is 0 Å². The van der Waals surface area contributed by atoms with E-state index in [1.807, 2.05) is 26.0 Å². The van der Waals surface area contributed by atoms with Gasteiger partial charge in [-0.2, -0.15) is 0 Å². The summed E-state index contributed by atoms with van der Waals surface area (Å²) in [5.41, 5.74) is 0.967. The predicted molar refractivity (Wildman–Crippen MR) is 108 cm³/mol. The highest BCUT2D eigenvalue weighted by molar-refractivity contribution is 7.99. The Morgan fingerprint density at radius 1 is 1.14 bits per heavy atom. The minimum absolute atomic E-state index is 0.0352. The van der Waals surface area contributed by atoms with Crippen LogP contribution in [-0.4, -0.2) is 73.8 Å². The van der Waals surface area contributed by atoms with Crippen LogP contribution in [0.2, 0.25) is 0 Å². The molecule has 2 heterocycles. The van der Waals surface area contributed by atoms with Gasteiger partial charge >= 0.3 is 0 Å². The van der Waals surface area contributed by atoms with E-state index in [0.29, 0.717) is 19.1 Å². The minimum Gasteiger partial charge on any atom is -0.342 e. The number of aromatic nitrogens is 4. The highest BCUT2D eigenvalue weighted by Gasteiger charge is 2.30. The SMILES string of the molecule is CCN(CC)C(=O)CN(C)C(=O)CSc1nnc(-c2ccncc2)n1C1CC1. The maximum atomic E-state index is 12.5. The molecule has 9 heteroatoms. The number of likely N-dealkylation sites (N-methyl/N-ethyl adjacent to an activating group) is 2. The van der Waals surface area contributed by atoms with Gasteiger partial charge in [0.2, 0.25) is 11.8 Å². The number of hydrogen-bond donors (Lipinski definition) is 0. The molecule has 1 aliphatic rings. The zero-order valence-corrected chi connectivity index (χ0v) is 17.4. The van der Waals surface area contributed by atoms with Crippen LogP contribution in [0.1, 0.15) is 32.7 Å². The Hall–Kier alpha value is -2.42. The Bertz CT molecular complexity index is 817. The van der Waals surface area contributed by atoms with E-state index in [9.17, 15) is 9.59 Å². The summed E-state index contributed by atoms with van der Waals surface area (Å²) in [6.07, 6.45) is 5.66. The van der Waals surface area contributed by atoms with E-state index in [2.05, 4.69) is 19.7 Å². The molecule has 0 unspecified atom stereocenters. The average Bonchev–Trinajstić information content (AvgIpc) is 3.46.